The molecule has 3 rings (SSSR count). The number of anilines is 2. The Balaban J connectivity index is 1.98. The Kier molecular flexibility index (Phi) is 4.61. The van der Waals surface area contributed by atoms with Gasteiger partial charge in [0.2, 0.25) is 5.91 Å². The van der Waals surface area contributed by atoms with Gasteiger partial charge in [-0.3, -0.25) is 9.79 Å². The summed E-state index contributed by atoms with van der Waals surface area (Å²) in [6.45, 7) is 1.98. The van der Waals surface area contributed by atoms with Crippen molar-refractivity contribution in [3.05, 3.63) is 60.3 Å². The van der Waals surface area contributed by atoms with Gasteiger partial charge in [0.15, 0.2) is 0 Å². The lowest BCUT2D eigenvalue weighted by molar-refractivity contribution is -0.116. The lowest BCUT2D eigenvalue weighted by Gasteiger charge is -2.16. The zero-order valence-corrected chi connectivity index (χ0v) is 13.5. The molecule has 1 atom stereocenters. The van der Waals surface area contributed by atoms with Crippen molar-refractivity contribution in [3.63, 3.8) is 0 Å². The van der Waals surface area contributed by atoms with Gasteiger partial charge in [-0.25, -0.2) is 0 Å². The highest BCUT2D eigenvalue weighted by Gasteiger charge is 2.20. The van der Waals surface area contributed by atoms with Crippen LogP contribution in [0.25, 0.3) is 5.57 Å². The van der Waals surface area contributed by atoms with Crippen LogP contribution in [0.15, 0.2) is 59.7 Å². The monoisotopic (exact) mass is 320 g/mol. The molecular formula is C19H20N4O. The molecule has 0 aromatic heterocycles. The molecule has 0 bridgehead atoms. The summed E-state index contributed by atoms with van der Waals surface area (Å²) in [5.41, 5.74) is 10.0. The third-order valence-corrected chi connectivity index (χ3v) is 3.82. The van der Waals surface area contributed by atoms with E-state index in [2.05, 4.69) is 15.6 Å². The van der Waals surface area contributed by atoms with Crippen LogP contribution in [0.1, 0.15) is 18.9 Å². The Morgan fingerprint density at radius 3 is 2.75 bits per heavy atom. The van der Waals surface area contributed by atoms with Gasteiger partial charge >= 0.3 is 0 Å². The molecule has 2 aromatic rings. The topological polar surface area (TPSA) is 79.5 Å². The van der Waals surface area contributed by atoms with Crippen molar-refractivity contribution in [3.8, 4) is 0 Å². The largest absolute Gasteiger partial charge is 0.404 e. The predicted octanol–water partition coefficient (Wildman–Crippen LogP) is 3.53. The number of nitrogens with one attached hydrogen (secondary N) is 2. The van der Waals surface area contributed by atoms with Crippen LogP contribution in [-0.4, -0.2) is 18.2 Å². The van der Waals surface area contributed by atoms with E-state index in [1.165, 1.54) is 6.20 Å². The Hall–Kier alpha value is -3.08. The van der Waals surface area contributed by atoms with E-state index in [-0.39, 0.29) is 11.9 Å². The molecule has 1 aliphatic rings. The Morgan fingerprint density at radius 2 is 2.00 bits per heavy atom. The maximum absolute atomic E-state index is 11.9. The Labute approximate surface area is 141 Å². The van der Waals surface area contributed by atoms with E-state index in [9.17, 15) is 4.79 Å². The number of para-hydroxylation sites is 2. The number of benzene rings is 2. The molecule has 1 heterocycles. The van der Waals surface area contributed by atoms with Crippen molar-refractivity contribution in [1.29, 1.82) is 0 Å². The Bertz CT molecular complexity index is 796. The van der Waals surface area contributed by atoms with Gasteiger partial charge in [0.25, 0.3) is 0 Å². The molecule has 1 aliphatic heterocycles. The van der Waals surface area contributed by atoms with Gasteiger partial charge in [-0.05, 0) is 25.1 Å². The van der Waals surface area contributed by atoms with Crippen LogP contribution in [0.3, 0.4) is 0 Å². The minimum Gasteiger partial charge on any atom is -0.404 e. The third kappa shape index (κ3) is 3.46. The van der Waals surface area contributed by atoms with Gasteiger partial charge < -0.3 is 16.4 Å². The van der Waals surface area contributed by atoms with E-state index in [1.807, 2.05) is 55.5 Å². The zero-order valence-electron chi connectivity index (χ0n) is 13.5. The maximum Gasteiger partial charge on any atom is 0.226 e. The van der Waals surface area contributed by atoms with E-state index < -0.39 is 0 Å². The van der Waals surface area contributed by atoms with Crippen molar-refractivity contribution in [2.24, 2.45) is 10.7 Å². The molecule has 2 aromatic carbocycles. The lowest BCUT2D eigenvalue weighted by Crippen LogP contribution is -2.19. The van der Waals surface area contributed by atoms with E-state index in [4.69, 9.17) is 5.73 Å². The molecule has 4 N–H and O–H groups in total. The van der Waals surface area contributed by atoms with Crippen molar-refractivity contribution in [2.45, 2.75) is 19.4 Å². The molecule has 0 saturated heterocycles. The van der Waals surface area contributed by atoms with E-state index in [0.29, 0.717) is 6.42 Å². The average molecular weight is 320 g/mol. The maximum atomic E-state index is 11.9. The van der Waals surface area contributed by atoms with Crippen LogP contribution in [0.5, 0.6) is 0 Å². The fourth-order valence-electron chi connectivity index (χ4n) is 2.69. The van der Waals surface area contributed by atoms with Gasteiger partial charge in [-0.15, -0.1) is 0 Å². The van der Waals surface area contributed by atoms with Gasteiger partial charge in [0.1, 0.15) is 0 Å². The molecule has 0 spiro atoms. The van der Waals surface area contributed by atoms with Crippen molar-refractivity contribution >= 4 is 34.8 Å². The molecule has 122 valence electrons. The second-order valence-electron chi connectivity index (χ2n) is 5.74. The number of amides is 1. The fraction of sp³-hybridized carbons (Fsp3) is 0.158. The number of aliphatic imine (C=N–C) groups is 1. The molecule has 1 amide bonds. The second kappa shape index (κ2) is 7.00. The Morgan fingerprint density at radius 1 is 1.21 bits per heavy atom. The summed E-state index contributed by atoms with van der Waals surface area (Å²) in [6.07, 6.45) is 3.69. The van der Waals surface area contributed by atoms with Gasteiger partial charge in [0.05, 0.1) is 17.1 Å². The van der Waals surface area contributed by atoms with Gasteiger partial charge in [0, 0.05) is 36.0 Å². The van der Waals surface area contributed by atoms with Crippen LogP contribution in [0, 0.1) is 0 Å². The van der Waals surface area contributed by atoms with Crippen LogP contribution in [0.2, 0.25) is 0 Å². The number of allylic oxidation sites excluding steroid dienone is 1. The molecule has 0 fully saturated rings. The van der Waals surface area contributed by atoms with E-state index in [1.54, 1.807) is 6.21 Å². The van der Waals surface area contributed by atoms with Crippen molar-refractivity contribution in [2.75, 3.05) is 10.6 Å². The quantitative estimate of drug-likeness (QED) is 0.757. The summed E-state index contributed by atoms with van der Waals surface area (Å²) in [5.74, 6) is 0.00197. The number of carbonyl (C=O) groups is 1. The summed E-state index contributed by atoms with van der Waals surface area (Å²) in [6, 6.07) is 15.5. The lowest BCUT2D eigenvalue weighted by atomic mass is 10.0. The first kappa shape index (κ1) is 15.8. The molecule has 0 unspecified atom stereocenters. The first-order valence-electron chi connectivity index (χ1n) is 7.88. The molecule has 5 heteroatoms. The van der Waals surface area contributed by atoms with E-state index >= 15 is 0 Å². The number of hydrogen-bond donors (Lipinski definition) is 3. The number of hydrogen-bond acceptors (Lipinski definition) is 4. The van der Waals surface area contributed by atoms with Crippen molar-refractivity contribution < 1.29 is 4.79 Å². The average Bonchev–Trinajstić information content (AvgIpc) is 2.73. The number of carbonyl (C=O) groups excluding carboxylic acids is 1. The van der Waals surface area contributed by atoms with Crippen LogP contribution < -0.4 is 16.4 Å². The summed E-state index contributed by atoms with van der Waals surface area (Å²) in [4.78, 5) is 16.4. The number of nitrogens with two attached hydrogens (primary N) is 1. The first-order chi connectivity index (χ1) is 11.7. The molecule has 5 nitrogen and oxygen atoms in total. The molecule has 24 heavy (non-hydrogen) atoms. The second-order valence-corrected chi connectivity index (χ2v) is 5.74. The number of rotatable bonds is 3. The van der Waals surface area contributed by atoms with Crippen LogP contribution >= 0.6 is 0 Å². The standard InChI is InChI=1S/C19H20N4O/c1-13-10-18(24)23-17-9-5-8-16(19(17)22-13)14(11-20)12-21-15-6-3-2-4-7-15/h2-9,11-13,22H,10,20H2,1H3,(H,23,24)/b14-11+,21-12?/t13-/m1/s1. The summed E-state index contributed by atoms with van der Waals surface area (Å²) in [7, 11) is 0. The zero-order chi connectivity index (χ0) is 16.9. The summed E-state index contributed by atoms with van der Waals surface area (Å²) >= 11 is 0. The minimum absolute atomic E-state index is 0.00197. The van der Waals surface area contributed by atoms with Crippen LogP contribution in [-0.2, 0) is 4.79 Å². The summed E-state index contributed by atoms with van der Waals surface area (Å²) < 4.78 is 0. The smallest absolute Gasteiger partial charge is 0.226 e. The molecule has 0 radical (unpaired) electrons. The first-order valence-corrected chi connectivity index (χ1v) is 7.88. The molecular weight excluding hydrogens is 300 g/mol. The van der Waals surface area contributed by atoms with Crippen LogP contribution in [0.4, 0.5) is 17.1 Å². The van der Waals surface area contributed by atoms with Crippen molar-refractivity contribution in [1.82, 2.24) is 0 Å². The fourth-order valence-corrected chi connectivity index (χ4v) is 2.69. The summed E-state index contributed by atoms with van der Waals surface area (Å²) in [5, 5.41) is 6.32. The number of fused-ring (bicyclic) bond motifs is 1. The van der Waals surface area contributed by atoms with E-state index in [0.717, 1.165) is 28.2 Å². The van der Waals surface area contributed by atoms with Gasteiger partial charge in [-0.2, -0.15) is 0 Å². The molecule has 0 aliphatic carbocycles. The highest BCUT2D eigenvalue weighted by Crippen LogP contribution is 2.33. The normalized spacial score (nSPS) is 17.8. The third-order valence-electron chi connectivity index (χ3n) is 3.82. The minimum atomic E-state index is 0.00197. The van der Waals surface area contributed by atoms with Gasteiger partial charge in [-0.1, -0.05) is 30.3 Å². The highest BCUT2D eigenvalue weighted by molar-refractivity contribution is 6.14. The molecule has 0 saturated carbocycles. The number of nitrogens with zero attached hydrogens (tertiary/aromatic N) is 1. The SMILES string of the molecule is C[C@@H]1CC(=O)Nc2cccc(/C(C=Nc3ccccc3)=C/N)c2N1. The predicted molar refractivity (Wildman–Crippen MR) is 99.5 cm³/mol. The highest BCUT2D eigenvalue weighted by atomic mass is 16.1.